The van der Waals surface area contributed by atoms with Crippen LogP contribution in [-0.2, 0) is 4.79 Å². The second-order valence-corrected chi connectivity index (χ2v) is 5.00. The van der Waals surface area contributed by atoms with Gasteiger partial charge in [0.15, 0.2) is 0 Å². The van der Waals surface area contributed by atoms with E-state index in [1.807, 2.05) is 9.80 Å². The van der Waals surface area contributed by atoms with E-state index in [9.17, 15) is 9.59 Å². The summed E-state index contributed by atoms with van der Waals surface area (Å²) in [6, 6.07) is 0.138. The van der Waals surface area contributed by atoms with Gasteiger partial charge in [-0.1, -0.05) is 6.92 Å². The molecule has 2 aliphatic rings. The summed E-state index contributed by atoms with van der Waals surface area (Å²) in [4.78, 5) is 27.0. The van der Waals surface area contributed by atoms with Crippen molar-refractivity contribution in [1.29, 1.82) is 0 Å². The highest BCUT2D eigenvalue weighted by Crippen LogP contribution is 2.18. The summed E-state index contributed by atoms with van der Waals surface area (Å²) in [5, 5.41) is 0. The molecule has 4 nitrogen and oxygen atoms in total. The van der Waals surface area contributed by atoms with E-state index >= 15 is 0 Å². The van der Waals surface area contributed by atoms with Crippen LogP contribution in [0.3, 0.4) is 0 Å². The van der Waals surface area contributed by atoms with E-state index in [0.717, 1.165) is 19.5 Å². The van der Waals surface area contributed by atoms with Gasteiger partial charge in [-0.25, -0.2) is 4.79 Å². The van der Waals surface area contributed by atoms with Crippen molar-refractivity contribution < 1.29 is 9.59 Å². The van der Waals surface area contributed by atoms with Gasteiger partial charge in [-0.2, -0.15) is 0 Å². The molecule has 0 aromatic heterocycles. The van der Waals surface area contributed by atoms with Crippen molar-refractivity contribution in [3.8, 4) is 0 Å². The van der Waals surface area contributed by atoms with Gasteiger partial charge in [-0.05, 0) is 18.8 Å². The van der Waals surface area contributed by atoms with E-state index in [1.165, 1.54) is 6.42 Å². The highest BCUT2D eigenvalue weighted by Gasteiger charge is 2.27. The molecule has 2 amide bonds. The van der Waals surface area contributed by atoms with E-state index < -0.39 is 0 Å². The van der Waals surface area contributed by atoms with Crippen LogP contribution in [0.4, 0.5) is 4.79 Å². The third-order valence-corrected chi connectivity index (χ3v) is 3.52. The number of urea groups is 1. The molecule has 0 saturated carbocycles. The molecule has 0 aliphatic carbocycles. The Balaban J connectivity index is 1.89. The van der Waals surface area contributed by atoms with Gasteiger partial charge >= 0.3 is 6.03 Å². The summed E-state index contributed by atoms with van der Waals surface area (Å²) in [7, 11) is 0. The number of ketones is 1. The zero-order valence-corrected chi connectivity index (χ0v) is 9.95. The van der Waals surface area contributed by atoms with Gasteiger partial charge in [0.2, 0.25) is 0 Å². The average Bonchev–Trinajstić information content (AvgIpc) is 2.29. The van der Waals surface area contributed by atoms with Gasteiger partial charge < -0.3 is 9.80 Å². The Kier molecular flexibility index (Phi) is 3.46. The Morgan fingerprint density at radius 1 is 1.19 bits per heavy atom. The normalized spacial score (nSPS) is 27.1. The maximum atomic E-state index is 12.1. The quantitative estimate of drug-likeness (QED) is 0.625. The number of piperidine rings is 2. The Labute approximate surface area is 96.6 Å². The highest BCUT2D eigenvalue weighted by atomic mass is 16.2. The second kappa shape index (κ2) is 4.85. The summed E-state index contributed by atoms with van der Waals surface area (Å²) in [5.41, 5.74) is 0. The summed E-state index contributed by atoms with van der Waals surface area (Å²) in [6.07, 6.45) is 3.41. The molecule has 0 spiro atoms. The first-order valence-electron chi connectivity index (χ1n) is 6.22. The SMILES string of the molecule is CC1CCCN(C(=O)N2CCC(=O)CC2)C1. The maximum absolute atomic E-state index is 12.1. The minimum Gasteiger partial charge on any atom is -0.324 e. The van der Waals surface area contributed by atoms with Crippen LogP contribution < -0.4 is 0 Å². The Hall–Kier alpha value is -1.06. The van der Waals surface area contributed by atoms with Crippen LogP contribution in [0.25, 0.3) is 0 Å². The number of nitrogens with zero attached hydrogens (tertiary/aromatic N) is 2. The Bertz CT molecular complexity index is 281. The lowest BCUT2D eigenvalue weighted by atomic mass is 10.0. The molecule has 4 heteroatoms. The van der Waals surface area contributed by atoms with Gasteiger partial charge in [0.25, 0.3) is 0 Å². The predicted molar refractivity (Wildman–Crippen MR) is 61.2 cm³/mol. The lowest BCUT2D eigenvalue weighted by Crippen LogP contribution is -2.49. The third-order valence-electron chi connectivity index (χ3n) is 3.52. The molecule has 2 rings (SSSR count). The average molecular weight is 224 g/mol. The fourth-order valence-corrected chi connectivity index (χ4v) is 2.51. The maximum Gasteiger partial charge on any atom is 0.320 e. The fourth-order valence-electron chi connectivity index (χ4n) is 2.51. The van der Waals surface area contributed by atoms with Crippen molar-refractivity contribution in [2.45, 2.75) is 32.6 Å². The molecular formula is C12H20N2O2. The third kappa shape index (κ3) is 2.54. The molecule has 2 aliphatic heterocycles. The van der Waals surface area contributed by atoms with Crippen LogP contribution in [0.5, 0.6) is 0 Å². The zero-order valence-electron chi connectivity index (χ0n) is 9.95. The van der Waals surface area contributed by atoms with Crippen LogP contribution >= 0.6 is 0 Å². The van der Waals surface area contributed by atoms with Crippen LogP contribution in [0.2, 0.25) is 0 Å². The van der Waals surface area contributed by atoms with Crippen molar-refractivity contribution in [2.24, 2.45) is 5.92 Å². The number of hydrogen-bond donors (Lipinski definition) is 0. The van der Waals surface area contributed by atoms with Gasteiger partial charge in [0.1, 0.15) is 5.78 Å². The minimum atomic E-state index is 0.138. The van der Waals surface area contributed by atoms with Crippen molar-refractivity contribution in [2.75, 3.05) is 26.2 Å². The van der Waals surface area contributed by atoms with Crippen LogP contribution in [0.1, 0.15) is 32.6 Å². The van der Waals surface area contributed by atoms with E-state index in [1.54, 1.807) is 0 Å². The van der Waals surface area contributed by atoms with Crippen molar-refractivity contribution in [1.82, 2.24) is 9.80 Å². The molecule has 0 radical (unpaired) electrons. The van der Waals surface area contributed by atoms with E-state index in [2.05, 4.69) is 6.92 Å². The molecule has 16 heavy (non-hydrogen) atoms. The Morgan fingerprint density at radius 2 is 1.88 bits per heavy atom. The van der Waals surface area contributed by atoms with E-state index in [-0.39, 0.29) is 11.8 Å². The van der Waals surface area contributed by atoms with Gasteiger partial charge in [0, 0.05) is 39.0 Å². The summed E-state index contributed by atoms with van der Waals surface area (Å²) in [6.45, 7) is 5.18. The van der Waals surface area contributed by atoms with Gasteiger partial charge in [0.05, 0.1) is 0 Å². The summed E-state index contributed by atoms with van der Waals surface area (Å²) >= 11 is 0. The molecule has 0 N–H and O–H groups in total. The minimum absolute atomic E-state index is 0.138. The van der Waals surface area contributed by atoms with E-state index in [0.29, 0.717) is 31.8 Å². The number of amides is 2. The van der Waals surface area contributed by atoms with Crippen molar-refractivity contribution >= 4 is 11.8 Å². The van der Waals surface area contributed by atoms with Crippen LogP contribution in [0.15, 0.2) is 0 Å². The number of hydrogen-bond acceptors (Lipinski definition) is 2. The Morgan fingerprint density at radius 3 is 2.50 bits per heavy atom. The molecule has 1 atom stereocenters. The first kappa shape index (κ1) is 11.4. The largest absolute Gasteiger partial charge is 0.324 e. The molecule has 2 saturated heterocycles. The smallest absolute Gasteiger partial charge is 0.320 e. The molecule has 1 unspecified atom stereocenters. The second-order valence-electron chi connectivity index (χ2n) is 5.00. The molecular weight excluding hydrogens is 204 g/mol. The highest BCUT2D eigenvalue weighted by molar-refractivity contribution is 5.82. The number of carbonyl (C=O) groups is 2. The predicted octanol–water partition coefficient (Wildman–Crippen LogP) is 1.50. The van der Waals surface area contributed by atoms with Gasteiger partial charge in [-0.15, -0.1) is 0 Å². The molecule has 2 heterocycles. The number of likely N-dealkylation sites (tertiary alicyclic amines) is 2. The zero-order chi connectivity index (χ0) is 11.5. The van der Waals surface area contributed by atoms with Gasteiger partial charge in [-0.3, -0.25) is 4.79 Å². The molecule has 0 aromatic carbocycles. The lowest BCUT2D eigenvalue weighted by Gasteiger charge is -2.36. The molecule has 2 fully saturated rings. The summed E-state index contributed by atoms with van der Waals surface area (Å²) in [5.74, 6) is 0.903. The molecule has 0 bridgehead atoms. The standard InChI is InChI=1S/C12H20N2O2/c1-10-3-2-6-14(9-10)12(16)13-7-4-11(15)5-8-13/h10H,2-9H2,1H3. The molecule has 0 aromatic rings. The number of carbonyl (C=O) groups excluding carboxylic acids is 2. The van der Waals surface area contributed by atoms with E-state index in [4.69, 9.17) is 0 Å². The van der Waals surface area contributed by atoms with Crippen LogP contribution in [0, 0.1) is 5.92 Å². The number of rotatable bonds is 0. The first-order chi connectivity index (χ1) is 7.66. The topological polar surface area (TPSA) is 40.6 Å². The first-order valence-corrected chi connectivity index (χ1v) is 6.22. The monoisotopic (exact) mass is 224 g/mol. The van der Waals surface area contributed by atoms with Crippen molar-refractivity contribution in [3.63, 3.8) is 0 Å². The lowest BCUT2D eigenvalue weighted by molar-refractivity contribution is -0.121. The van der Waals surface area contributed by atoms with Crippen molar-refractivity contribution in [3.05, 3.63) is 0 Å². The number of Topliss-reactive ketones (excluding diaryl/α,β-unsaturated/α-hetero) is 1. The van der Waals surface area contributed by atoms with Crippen LogP contribution in [-0.4, -0.2) is 47.8 Å². The fraction of sp³-hybridized carbons (Fsp3) is 0.833. The summed E-state index contributed by atoms with van der Waals surface area (Å²) < 4.78 is 0. The molecule has 90 valence electrons.